The van der Waals surface area contributed by atoms with Crippen molar-refractivity contribution in [1.82, 2.24) is 5.32 Å². The number of hydrogen-bond acceptors (Lipinski definition) is 6. The number of esters is 1. The Morgan fingerprint density at radius 2 is 1.87 bits per heavy atom. The van der Waals surface area contributed by atoms with E-state index in [0.717, 1.165) is 16.7 Å². The van der Waals surface area contributed by atoms with Gasteiger partial charge in [-0.1, -0.05) is 18.2 Å². The number of hydrogen-bond donors (Lipinski definition) is 2. The number of nitrogens with one attached hydrogen (secondary N) is 2. The Kier molecular flexibility index (Phi) is 6.69. The van der Waals surface area contributed by atoms with Crippen LogP contribution < -0.4 is 20.1 Å². The number of ether oxygens (including phenoxy) is 3. The molecule has 0 radical (unpaired) electrons. The summed E-state index contributed by atoms with van der Waals surface area (Å²) in [6.45, 7) is 3.31. The van der Waals surface area contributed by atoms with E-state index in [-0.39, 0.29) is 19.2 Å². The maximum Gasteiger partial charge on any atom is 0.331 e. The number of benzene rings is 2. The summed E-state index contributed by atoms with van der Waals surface area (Å²) in [4.78, 5) is 35.6. The average Bonchev–Trinajstić information content (AvgIpc) is 3.20. The fourth-order valence-corrected chi connectivity index (χ4v) is 2.68. The number of amides is 2. The van der Waals surface area contributed by atoms with E-state index < -0.39 is 18.5 Å². The van der Waals surface area contributed by atoms with Crippen LogP contribution >= 0.6 is 0 Å². The van der Waals surface area contributed by atoms with Crippen LogP contribution in [0.1, 0.15) is 16.7 Å². The third-order valence-corrected chi connectivity index (χ3v) is 4.48. The SMILES string of the molecule is Cc1cccc(NC(=O)CNC(=O)COC(=O)/C=C/c2ccc3c(c2)OCO3)c1C. The van der Waals surface area contributed by atoms with Crippen LogP contribution in [0.5, 0.6) is 11.5 Å². The molecule has 0 saturated heterocycles. The molecule has 3 rings (SSSR count). The van der Waals surface area contributed by atoms with E-state index in [1.54, 1.807) is 30.3 Å². The van der Waals surface area contributed by atoms with Crippen molar-refractivity contribution >= 4 is 29.5 Å². The Morgan fingerprint density at radius 1 is 1.07 bits per heavy atom. The number of fused-ring (bicyclic) bond motifs is 1. The van der Waals surface area contributed by atoms with Crippen LogP contribution in [0.15, 0.2) is 42.5 Å². The molecule has 0 atom stereocenters. The molecular formula is C22H22N2O6. The standard InChI is InChI=1S/C22H22N2O6/c1-14-4-3-5-17(15(14)2)24-20(25)11-23-21(26)12-28-22(27)9-7-16-6-8-18-19(10-16)30-13-29-18/h3-10H,11-13H2,1-2H3,(H,23,26)(H,24,25)/b9-7+. The highest BCUT2D eigenvalue weighted by molar-refractivity contribution is 5.95. The monoisotopic (exact) mass is 410 g/mol. The summed E-state index contributed by atoms with van der Waals surface area (Å²) in [6, 6.07) is 10.8. The lowest BCUT2D eigenvalue weighted by atomic mass is 10.1. The molecule has 0 bridgehead atoms. The summed E-state index contributed by atoms with van der Waals surface area (Å²) >= 11 is 0. The van der Waals surface area contributed by atoms with Crippen molar-refractivity contribution in [3.8, 4) is 11.5 Å². The molecule has 0 aliphatic carbocycles. The summed E-state index contributed by atoms with van der Waals surface area (Å²) in [5, 5.41) is 5.15. The average molecular weight is 410 g/mol. The lowest BCUT2D eigenvalue weighted by Gasteiger charge is -2.11. The molecule has 0 saturated carbocycles. The number of carbonyl (C=O) groups is 3. The Bertz CT molecular complexity index is 999. The first kappa shape index (κ1) is 20.9. The molecule has 1 heterocycles. The van der Waals surface area contributed by atoms with Gasteiger partial charge in [-0.25, -0.2) is 4.79 Å². The first-order valence-electron chi connectivity index (χ1n) is 9.29. The molecule has 1 aliphatic heterocycles. The first-order valence-corrected chi connectivity index (χ1v) is 9.29. The predicted molar refractivity (Wildman–Crippen MR) is 110 cm³/mol. The van der Waals surface area contributed by atoms with Gasteiger partial charge in [0.1, 0.15) is 0 Å². The minimum Gasteiger partial charge on any atom is -0.454 e. The molecule has 2 amide bonds. The molecule has 0 spiro atoms. The molecule has 0 aromatic heterocycles. The molecule has 8 heteroatoms. The van der Waals surface area contributed by atoms with Gasteiger partial charge in [0.05, 0.1) is 6.54 Å². The highest BCUT2D eigenvalue weighted by Gasteiger charge is 2.13. The van der Waals surface area contributed by atoms with Gasteiger partial charge in [-0.05, 0) is 54.8 Å². The Morgan fingerprint density at radius 3 is 2.70 bits per heavy atom. The summed E-state index contributed by atoms with van der Waals surface area (Å²) in [6.07, 6.45) is 2.75. The number of rotatable bonds is 7. The van der Waals surface area contributed by atoms with Crippen molar-refractivity contribution in [1.29, 1.82) is 0 Å². The Balaban J connectivity index is 1.39. The minimum absolute atomic E-state index is 0.169. The van der Waals surface area contributed by atoms with Gasteiger partial charge < -0.3 is 24.8 Å². The largest absolute Gasteiger partial charge is 0.454 e. The molecule has 0 fully saturated rings. The maximum absolute atomic E-state index is 12.0. The molecule has 156 valence electrons. The van der Waals surface area contributed by atoms with Gasteiger partial charge in [0, 0.05) is 11.8 Å². The lowest BCUT2D eigenvalue weighted by Crippen LogP contribution is -2.35. The van der Waals surface area contributed by atoms with Crippen LogP contribution in [-0.2, 0) is 19.1 Å². The van der Waals surface area contributed by atoms with Crippen LogP contribution in [0.3, 0.4) is 0 Å². The molecule has 1 aliphatic rings. The second-order valence-electron chi connectivity index (χ2n) is 6.63. The van der Waals surface area contributed by atoms with Crippen molar-refractivity contribution in [3.05, 3.63) is 59.2 Å². The third kappa shape index (κ3) is 5.60. The smallest absolute Gasteiger partial charge is 0.331 e. The Hall–Kier alpha value is -3.81. The molecule has 0 unspecified atom stereocenters. The van der Waals surface area contributed by atoms with Gasteiger partial charge in [0.2, 0.25) is 12.7 Å². The Labute approximate surface area is 173 Å². The second kappa shape index (κ2) is 9.60. The number of carbonyl (C=O) groups excluding carboxylic acids is 3. The van der Waals surface area contributed by atoms with Crippen molar-refractivity contribution in [3.63, 3.8) is 0 Å². The molecule has 30 heavy (non-hydrogen) atoms. The molecule has 2 aromatic rings. The van der Waals surface area contributed by atoms with E-state index in [1.807, 2.05) is 26.0 Å². The molecule has 2 N–H and O–H groups in total. The highest BCUT2D eigenvalue weighted by atomic mass is 16.7. The molecule has 8 nitrogen and oxygen atoms in total. The molecule has 2 aromatic carbocycles. The van der Waals surface area contributed by atoms with Crippen LogP contribution in [-0.4, -0.2) is 37.7 Å². The van der Waals surface area contributed by atoms with Crippen LogP contribution in [0.4, 0.5) is 5.69 Å². The van der Waals surface area contributed by atoms with Crippen molar-refractivity contribution in [2.45, 2.75) is 13.8 Å². The highest BCUT2D eigenvalue weighted by Crippen LogP contribution is 2.32. The van der Waals surface area contributed by atoms with Gasteiger partial charge in [0.15, 0.2) is 18.1 Å². The fraction of sp³-hybridized carbons (Fsp3) is 0.227. The first-order chi connectivity index (χ1) is 14.4. The maximum atomic E-state index is 12.0. The van der Waals surface area contributed by atoms with Gasteiger partial charge in [-0.2, -0.15) is 0 Å². The van der Waals surface area contributed by atoms with Crippen molar-refractivity contribution < 1.29 is 28.6 Å². The normalized spacial score (nSPS) is 11.9. The van der Waals surface area contributed by atoms with E-state index in [4.69, 9.17) is 14.2 Å². The van der Waals surface area contributed by atoms with Gasteiger partial charge >= 0.3 is 5.97 Å². The van der Waals surface area contributed by atoms with Gasteiger partial charge in [-0.15, -0.1) is 0 Å². The third-order valence-electron chi connectivity index (χ3n) is 4.48. The van der Waals surface area contributed by atoms with E-state index in [9.17, 15) is 14.4 Å². The van der Waals surface area contributed by atoms with Crippen LogP contribution in [0.25, 0.3) is 6.08 Å². The van der Waals surface area contributed by atoms with Crippen molar-refractivity contribution in [2.24, 2.45) is 0 Å². The summed E-state index contributed by atoms with van der Waals surface area (Å²) in [5.41, 5.74) is 3.43. The number of anilines is 1. The summed E-state index contributed by atoms with van der Waals surface area (Å²) in [7, 11) is 0. The fourth-order valence-electron chi connectivity index (χ4n) is 2.68. The van der Waals surface area contributed by atoms with E-state index >= 15 is 0 Å². The van der Waals surface area contributed by atoms with Gasteiger partial charge in [0.25, 0.3) is 5.91 Å². The molecular weight excluding hydrogens is 388 g/mol. The van der Waals surface area contributed by atoms with E-state index in [0.29, 0.717) is 17.2 Å². The van der Waals surface area contributed by atoms with Crippen LogP contribution in [0, 0.1) is 13.8 Å². The minimum atomic E-state index is -0.678. The summed E-state index contributed by atoms with van der Waals surface area (Å²) < 4.78 is 15.4. The predicted octanol–water partition coefficient (Wildman–Crippen LogP) is 2.34. The second-order valence-corrected chi connectivity index (χ2v) is 6.63. The van der Waals surface area contributed by atoms with E-state index in [1.165, 1.54) is 6.08 Å². The number of aryl methyl sites for hydroxylation is 1. The van der Waals surface area contributed by atoms with Gasteiger partial charge in [-0.3, -0.25) is 9.59 Å². The van der Waals surface area contributed by atoms with Crippen molar-refractivity contribution in [2.75, 3.05) is 25.3 Å². The van der Waals surface area contributed by atoms with Crippen LogP contribution in [0.2, 0.25) is 0 Å². The topological polar surface area (TPSA) is 103 Å². The zero-order valence-electron chi connectivity index (χ0n) is 16.7. The van der Waals surface area contributed by atoms with E-state index in [2.05, 4.69) is 10.6 Å². The zero-order chi connectivity index (χ0) is 21.5. The zero-order valence-corrected chi connectivity index (χ0v) is 16.7. The summed E-state index contributed by atoms with van der Waals surface area (Å²) in [5.74, 6) is -0.373. The quantitative estimate of drug-likeness (QED) is 0.537. The lowest BCUT2D eigenvalue weighted by molar-refractivity contribution is -0.143.